The molecule has 2 unspecified atom stereocenters. The Labute approximate surface area is 83.5 Å². The van der Waals surface area contributed by atoms with Crippen molar-refractivity contribution in [1.29, 1.82) is 0 Å². The Morgan fingerprint density at radius 1 is 1.71 bits per heavy atom. The molecule has 14 heavy (non-hydrogen) atoms. The smallest absolute Gasteiger partial charge is 0.221 e. The van der Waals surface area contributed by atoms with E-state index in [-0.39, 0.29) is 17.4 Å². The summed E-state index contributed by atoms with van der Waals surface area (Å²) in [5.41, 5.74) is 1.02. The van der Waals surface area contributed by atoms with Crippen molar-refractivity contribution in [2.45, 2.75) is 38.1 Å². The van der Waals surface area contributed by atoms with Gasteiger partial charge in [0.05, 0.1) is 12.5 Å². The molecule has 1 fully saturated rings. The van der Waals surface area contributed by atoms with Crippen LogP contribution in [0.15, 0.2) is 23.0 Å². The molecular weight excluding hydrogens is 178 g/mol. The molecule has 0 bridgehead atoms. The van der Waals surface area contributed by atoms with Gasteiger partial charge in [-0.3, -0.25) is 4.79 Å². The molecule has 1 aliphatic rings. The van der Waals surface area contributed by atoms with Crippen LogP contribution in [0.1, 0.15) is 32.3 Å². The summed E-state index contributed by atoms with van der Waals surface area (Å²) in [6.07, 6.45) is 4.91. The quantitative estimate of drug-likeness (QED) is 0.778. The molecular formula is C11H15NO2. The zero-order chi connectivity index (χ0) is 10.2. The first kappa shape index (κ1) is 9.31. The summed E-state index contributed by atoms with van der Waals surface area (Å²) in [6, 6.07) is 2.18. The molecule has 2 heterocycles. The van der Waals surface area contributed by atoms with E-state index in [2.05, 4.69) is 19.2 Å². The molecule has 1 N–H and O–H groups in total. The summed E-state index contributed by atoms with van der Waals surface area (Å²) in [7, 11) is 0. The number of carbonyl (C=O) groups excluding carboxylic acids is 1. The molecule has 3 heteroatoms. The fraction of sp³-hybridized carbons (Fsp3) is 0.545. The van der Waals surface area contributed by atoms with Crippen molar-refractivity contribution in [2.24, 2.45) is 0 Å². The van der Waals surface area contributed by atoms with Gasteiger partial charge in [-0.05, 0) is 18.1 Å². The first-order valence-corrected chi connectivity index (χ1v) is 4.99. The zero-order valence-corrected chi connectivity index (χ0v) is 8.54. The summed E-state index contributed by atoms with van der Waals surface area (Å²) >= 11 is 0. The maximum atomic E-state index is 11.4. The van der Waals surface area contributed by atoms with Gasteiger partial charge in [0.15, 0.2) is 0 Å². The van der Waals surface area contributed by atoms with Gasteiger partial charge < -0.3 is 9.73 Å². The van der Waals surface area contributed by atoms with Gasteiger partial charge in [-0.25, -0.2) is 0 Å². The summed E-state index contributed by atoms with van der Waals surface area (Å²) in [5.74, 6) is 0.139. The van der Waals surface area contributed by atoms with E-state index in [0.717, 1.165) is 12.0 Å². The Balaban J connectivity index is 2.34. The highest BCUT2D eigenvalue weighted by Crippen LogP contribution is 2.37. The van der Waals surface area contributed by atoms with Crippen LogP contribution in [0.4, 0.5) is 0 Å². The van der Waals surface area contributed by atoms with Crippen LogP contribution in [0.3, 0.4) is 0 Å². The second kappa shape index (κ2) is 3.15. The van der Waals surface area contributed by atoms with E-state index in [1.807, 2.05) is 6.07 Å². The van der Waals surface area contributed by atoms with Gasteiger partial charge in [-0.2, -0.15) is 0 Å². The highest BCUT2D eigenvalue weighted by molar-refractivity contribution is 5.81. The maximum absolute atomic E-state index is 11.4. The topological polar surface area (TPSA) is 42.2 Å². The van der Waals surface area contributed by atoms with Gasteiger partial charge in [-0.15, -0.1) is 0 Å². The van der Waals surface area contributed by atoms with Crippen LogP contribution in [-0.2, 0) is 10.2 Å². The first-order chi connectivity index (χ1) is 6.66. The number of hydrogen-bond acceptors (Lipinski definition) is 2. The van der Waals surface area contributed by atoms with Crippen molar-refractivity contribution >= 4 is 5.91 Å². The third-order valence-corrected chi connectivity index (χ3v) is 3.22. The normalized spacial score (nSPS) is 31.9. The van der Waals surface area contributed by atoms with Crippen LogP contribution in [-0.4, -0.2) is 11.9 Å². The van der Waals surface area contributed by atoms with E-state index in [1.54, 1.807) is 12.5 Å². The van der Waals surface area contributed by atoms with Crippen LogP contribution in [0.5, 0.6) is 0 Å². The maximum Gasteiger partial charge on any atom is 0.221 e. The van der Waals surface area contributed by atoms with Crippen molar-refractivity contribution < 1.29 is 9.21 Å². The minimum Gasteiger partial charge on any atom is -0.472 e. The van der Waals surface area contributed by atoms with Gasteiger partial charge in [0.25, 0.3) is 0 Å². The molecule has 76 valence electrons. The standard InChI is InChI=1S/C11H15NO2/c1-3-9-11(2,6-10(13)12-9)8-4-5-14-7-8/h4-5,7,9H,3,6H2,1-2H3,(H,12,13). The van der Waals surface area contributed by atoms with Crippen LogP contribution in [0, 0.1) is 0 Å². The Bertz CT molecular complexity index is 331. The minimum absolute atomic E-state index is 0.0984. The molecule has 0 radical (unpaired) electrons. The molecule has 1 aliphatic heterocycles. The Morgan fingerprint density at radius 2 is 2.50 bits per heavy atom. The lowest BCUT2D eigenvalue weighted by Gasteiger charge is -2.28. The Hall–Kier alpha value is -1.25. The molecule has 0 saturated carbocycles. The van der Waals surface area contributed by atoms with Crippen LogP contribution in [0.2, 0.25) is 0 Å². The molecule has 1 aromatic heterocycles. The predicted octanol–water partition coefficient (Wildman–Crippen LogP) is 1.84. The van der Waals surface area contributed by atoms with Crippen molar-refractivity contribution in [2.75, 3.05) is 0 Å². The van der Waals surface area contributed by atoms with Gasteiger partial charge in [0, 0.05) is 17.9 Å². The molecule has 1 saturated heterocycles. The van der Waals surface area contributed by atoms with Gasteiger partial charge in [0.2, 0.25) is 5.91 Å². The number of furan rings is 1. The van der Waals surface area contributed by atoms with E-state index < -0.39 is 0 Å². The molecule has 1 aromatic rings. The number of hydrogen-bond donors (Lipinski definition) is 1. The number of amides is 1. The lowest BCUT2D eigenvalue weighted by molar-refractivity contribution is -0.119. The van der Waals surface area contributed by atoms with Gasteiger partial charge in [0.1, 0.15) is 0 Å². The SMILES string of the molecule is CCC1NC(=O)CC1(C)c1ccoc1. The molecule has 0 aromatic carbocycles. The van der Waals surface area contributed by atoms with Crippen molar-refractivity contribution in [3.05, 3.63) is 24.2 Å². The minimum atomic E-state index is -0.0984. The van der Waals surface area contributed by atoms with Crippen LogP contribution >= 0.6 is 0 Å². The van der Waals surface area contributed by atoms with Gasteiger partial charge in [-0.1, -0.05) is 13.8 Å². The van der Waals surface area contributed by atoms with Crippen molar-refractivity contribution in [3.63, 3.8) is 0 Å². The Kier molecular flexibility index (Phi) is 2.10. The highest BCUT2D eigenvalue weighted by Gasteiger charge is 2.43. The van der Waals surface area contributed by atoms with E-state index in [1.165, 1.54) is 0 Å². The predicted molar refractivity (Wildman–Crippen MR) is 52.9 cm³/mol. The zero-order valence-electron chi connectivity index (χ0n) is 8.54. The number of carbonyl (C=O) groups is 1. The number of rotatable bonds is 2. The first-order valence-electron chi connectivity index (χ1n) is 4.99. The molecule has 0 spiro atoms. The summed E-state index contributed by atoms with van der Waals surface area (Å²) in [5, 5.41) is 3.00. The third kappa shape index (κ3) is 1.24. The number of nitrogens with one attached hydrogen (secondary N) is 1. The fourth-order valence-electron chi connectivity index (χ4n) is 2.31. The summed E-state index contributed by atoms with van der Waals surface area (Å²) in [4.78, 5) is 11.4. The summed E-state index contributed by atoms with van der Waals surface area (Å²) < 4.78 is 5.08. The lowest BCUT2D eigenvalue weighted by atomic mass is 9.76. The van der Waals surface area contributed by atoms with Crippen LogP contribution in [0.25, 0.3) is 0 Å². The van der Waals surface area contributed by atoms with Gasteiger partial charge >= 0.3 is 0 Å². The second-order valence-electron chi connectivity index (χ2n) is 4.13. The second-order valence-corrected chi connectivity index (χ2v) is 4.13. The average Bonchev–Trinajstić information content (AvgIpc) is 2.73. The van der Waals surface area contributed by atoms with E-state index in [4.69, 9.17) is 4.42 Å². The van der Waals surface area contributed by atoms with Crippen molar-refractivity contribution in [1.82, 2.24) is 5.32 Å². The van der Waals surface area contributed by atoms with E-state index in [0.29, 0.717) is 6.42 Å². The molecule has 2 atom stereocenters. The molecule has 1 amide bonds. The molecule has 0 aliphatic carbocycles. The molecule has 2 rings (SSSR count). The summed E-state index contributed by atoms with van der Waals surface area (Å²) in [6.45, 7) is 4.21. The molecule has 3 nitrogen and oxygen atoms in total. The fourth-order valence-corrected chi connectivity index (χ4v) is 2.31. The lowest BCUT2D eigenvalue weighted by Crippen LogP contribution is -2.37. The van der Waals surface area contributed by atoms with E-state index >= 15 is 0 Å². The third-order valence-electron chi connectivity index (χ3n) is 3.22. The van der Waals surface area contributed by atoms with E-state index in [9.17, 15) is 4.79 Å². The monoisotopic (exact) mass is 193 g/mol. The van der Waals surface area contributed by atoms with Crippen molar-refractivity contribution in [3.8, 4) is 0 Å². The highest BCUT2D eigenvalue weighted by atomic mass is 16.3. The Morgan fingerprint density at radius 3 is 3.07 bits per heavy atom. The average molecular weight is 193 g/mol. The van der Waals surface area contributed by atoms with Crippen LogP contribution < -0.4 is 5.32 Å². The largest absolute Gasteiger partial charge is 0.472 e.